The van der Waals surface area contributed by atoms with E-state index in [9.17, 15) is 8.60 Å². The molecular formula is C17H30FNO3S. The van der Waals surface area contributed by atoms with Crippen LogP contribution in [0.2, 0.25) is 0 Å². The van der Waals surface area contributed by atoms with E-state index in [2.05, 4.69) is 0 Å². The Morgan fingerprint density at radius 3 is 2.65 bits per heavy atom. The lowest BCUT2D eigenvalue weighted by atomic mass is 10.0. The van der Waals surface area contributed by atoms with E-state index in [1.54, 1.807) is 0 Å². The predicted octanol–water partition coefficient (Wildman–Crippen LogP) is 2.36. The van der Waals surface area contributed by atoms with Crippen LogP contribution in [-0.4, -0.2) is 54.4 Å². The quantitative estimate of drug-likeness (QED) is 0.651. The SMILES string of the molecule is C/C=C(\C=C/C(C)S(=O)CC1CCOCC1)C(OC)C(N)CF. The molecule has 2 N–H and O–H groups in total. The monoisotopic (exact) mass is 347 g/mol. The third-order valence-electron chi connectivity index (χ3n) is 4.20. The van der Waals surface area contributed by atoms with Crippen molar-refractivity contribution < 1.29 is 18.1 Å². The molecule has 1 saturated heterocycles. The number of nitrogens with two attached hydrogens (primary N) is 1. The van der Waals surface area contributed by atoms with Crippen LogP contribution in [0.15, 0.2) is 23.8 Å². The highest BCUT2D eigenvalue weighted by molar-refractivity contribution is 7.85. The first-order chi connectivity index (χ1) is 11.0. The molecule has 0 aromatic heterocycles. The molecule has 6 heteroatoms. The van der Waals surface area contributed by atoms with Gasteiger partial charge >= 0.3 is 0 Å². The van der Waals surface area contributed by atoms with Crippen molar-refractivity contribution in [3.05, 3.63) is 23.8 Å². The van der Waals surface area contributed by atoms with Gasteiger partial charge in [0.25, 0.3) is 0 Å². The van der Waals surface area contributed by atoms with Crippen LogP contribution in [0.25, 0.3) is 0 Å². The van der Waals surface area contributed by atoms with Gasteiger partial charge in [0.2, 0.25) is 0 Å². The largest absolute Gasteiger partial charge is 0.381 e. The molecular weight excluding hydrogens is 317 g/mol. The lowest BCUT2D eigenvalue weighted by Gasteiger charge is -2.23. The zero-order valence-corrected chi connectivity index (χ0v) is 15.2. The smallest absolute Gasteiger partial charge is 0.107 e. The number of alkyl halides is 1. The Morgan fingerprint density at radius 1 is 1.48 bits per heavy atom. The summed E-state index contributed by atoms with van der Waals surface area (Å²) in [4.78, 5) is 0. The first-order valence-corrected chi connectivity index (χ1v) is 9.55. The van der Waals surface area contributed by atoms with E-state index in [4.69, 9.17) is 15.2 Å². The van der Waals surface area contributed by atoms with Crippen molar-refractivity contribution >= 4 is 10.8 Å². The van der Waals surface area contributed by atoms with Gasteiger partial charge in [-0.05, 0) is 38.2 Å². The number of allylic oxidation sites excluding steroid dienone is 1. The van der Waals surface area contributed by atoms with E-state index in [0.29, 0.717) is 11.7 Å². The minimum atomic E-state index is -0.924. The molecule has 4 atom stereocenters. The van der Waals surface area contributed by atoms with Crippen molar-refractivity contribution in [3.8, 4) is 0 Å². The molecule has 23 heavy (non-hydrogen) atoms. The fourth-order valence-corrected chi connectivity index (χ4v) is 3.98. The van der Waals surface area contributed by atoms with Gasteiger partial charge in [0.05, 0.1) is 17.4 Å². The van der Waals surface area contributed by atoms with Crippen molar-refractivity contribution in [3.63, 3.8) is 0 Å². The number of halogens is 1. The van der Waals surface area contributed by atoms with Gasteiger partial charge in [-0.3, -0.25) is 4.21 Å². The van der Waals surface area contributed by atoms with Crippen LogP contribution in [0, 0.1) is 5.92 Å². The molecule has 1 fully saturated rings. The third-order valence-corrected chi connectivity index (χ3v) is 5.98. The normalized spacial score (nSPS) is 22.9. The number of methoxy groups -OCH3 is 1. The van der Waals surface area contributed by atoms with E-state index in [1.807, 2.05) is 32.1 Å². The molecule has 0 aromatic carbocycles. The van der Waals surface area contributed by atoms with Gasteiger partial charge in [-0.25, -0.2) is 4.39 Å². The first-order valence-electron chi connectivity index (χ1n) is 8.17. The fourth-order valence-electron chi connectivity index (χ4n) is 2.63. The van der Waals surface area contributed by atoms with E-state index >= 15 is 0 Å². The number of rotatable bonds is 9. The molecule has 0 aliphatic carbocycles. The number of ether oxygens (including phenoxy) is 2. The molecule has 1 rings (SSSR count). The van der Waals surface area contributed by atoms with Crippen molar-refractivity contribution in [1.29, 1.82) is 0 Å². The summed E-state index contributed by atoms with van der Waals surface area (Å²) in [5.74, 6) is 1.19. The number of hydrogen-bond acceptors (Lipinski definition) is 4. The predicted molar refractivity (Wildman–Crippen MR) is 93.7 cm³/mol. The average Bonchev–Trinajstić information content (AvgIpc) is 2.58. The topological polar surface area (TPSA) is 61.5 Å². The Bertz CT molecular complexity index is 422. The molecule has 0 spiro atoms. The van der Waals surface area contributed by atoms with Crippen molar-refractivity contribution in [1.82, 2.24) is 0 Å². The van der Waals surface area contributed by atoms with E-state index in [-0.39, 0.29) is 5.25 Å². The van der Waals surface area contributed by atoms with Gasteiger partial charge < -0.3 is 15.2 Å². The second-order valence-electron chi connectivity index (χ2n) is 5.93. The second kappa shape index (κ2) is 11.1. The minimum absolute atomic E-state index is 0.0631. The summed E-state index contributed by atoms with van der Waals surface area (Å²) in [7, 11) is 0.594. The molecule has 4 unspecified atom stereocenters. The van der Waals surface area contributed by atoms with Crippen LogP contribution in [-0.2, 0) is 20.3 Å². The van der Waals surface area contributed by atoms with E-state index < -0.39 is 29.6 Å². The van der Waals surface area contributed by atoms with Gasteiger partial charge in [0, 0.05) is 36.9 Å². The Morgan fingerprint density at radius 2 is 2.13 bits per heavy atom. The summed E-state index contributed by atoms with van der Waals surface area (Å²) in [6.45, 7) is 4.70. The van der Waals surface area contributed by atoms with E-state index in [1.165, 1.54) is 7.11 Å². The standard InChI is InChI=1S/C17H30FNO3S/c1-4-15(17(21-3)16(19)11-18)6-5-13(2)23(20)12-14-7-9-22-10-8-14/h4-6,13-14,16-17H,7-12,19H2,1-3H3/b6-5-,15-4+. The Balaban J connectivity index is 2.59. The average molecular weight is 347 g/mol. The van der Waals surface area contributed by atoms with Gasteiger partial charge in [-0.15, -0.1) is 0 Å². The lowest BCUT2D eigenvalue weighted by Crippen LogP contribution is -2.39. The van der Waals surface area contributed by atoms with E-state index in [0.717, 1.165) is 31.6 Å². The summed E-state index contributed by atoms with van der Waals surface area (Å²) < 4.78 is 35.8. The molecule has 134 valence electrons. The second-order valence-corrected chi connectivity index (χ2v) is 7.77. The summed E-state index contributed by atoms with van der Waals surface area (Å²) in [5, 5.41) is -0.0631. The van der Waals surface area contributed by atoms with Crippen LogP contribution in [0.3, 0.4) is 0 Å². The Hall–Kier alpha value is -0.560. The zero-order chi connectivity index (χ0) is 17.2. The van der Waals surface area contributed by atoms with Gasteiger partial charge in [-0.2, -0.15) is 0 Å². The van der Waals surface area contributed by atoms with Crippen LogP contribution in [0.4, 0.5) is 4.39 Å². The molecule has 0 aromatic rings. The maximum Gasteiger partial charge on any atom is 0.107 e. The van der Waals surface area contributed by atoms with Crippen LogP contribution < -0.4 is 5.73 Å². The Labute approximate surface area is 141 Å². The summed E-state index contributed by atoms with van der Waals surface area (Å²) in [6, 6.07) is -0.695. The van der Waals surface area contributed by atoms with Gasteiger partial charge in [0.1, 0.15) is 6.67 Å². The molecule has 4 nitrogen and oxygen atoms in total. The van der Waals surface area contributed by atoms with Crippen molar-refractivity contribution in [2.24, 2.45) is 11.7 Å². The molecule has 1 aliphatic heterocycles. The molecule has 0 amide bonds. The number of hydrogen-bond donors (Lipinski definition) is 1. The molecule has 1 aliphatic rings. The van der Waals surface area contributed by atoms with Crippen molar-refractivity contribution in [2.45, 2.75) is 44.1 Å². The molecule has 0 radical (unpaired) electrons. The molecule has 0 saturated carbocycles. The van der Waals surface area contributed by atoms with Gasteiger partial charge in [0.15, 0.2) is 0 Å². The summed E-state index contributed by atoms with van der Waals surface area (Å²) in [5.41, 5.74) is 6.56. The maximum atomic E-state index is 12.8. The first kappa shape index (κ1) is 20.5. The van der Waals surface area contributed by atoms with Gasteiger partial charge in [-0.1, -0.05) is 18.2 Å². The van der Waals surface area contributed by atoms with Crippen LogP contribution in [0.5, 0.6) is 0 Å². The molecule has 0 bridgehead atoms. The lowest BCUT2D eigenvalue weighted by molar-refractivity contribution is 0.0725. The maximum absolute atomic E-state index is 12.8. The molecule has 1 heterocycles. The van der Waals surface area contributed by atoms with Crippen molar-refractivity contribution in [2.75, 3.05) is 32.8 Å². The minimum Gasteiger partial charge on any atom is -0.381 e. The fraction of sp³-hybridized carbons (Fsp3) is 0.765. The summed E-state index contributed by atoms with van der Waals surface area (Å²) >= 11 is 0. The van der Waals surface area contributed by atoms with Crippen LogP contribution in [0.1, 0.15) is 26.7 Å². The summed E-state index contributed by atoms with van der Waals surface area (Å²) in [6.07, 6.45) is 7.10. The van der Waals surface area contributed by atoms with Crippen LogP contribution >= 0.6 is 0 Å². The zero-order valence-electron chi connectivity index (χ0n) is 14.4. The highest BCUT2D eigenvalue weighted by atomic mass is 32.2. The third kappa shape index (κ3) is 6.83. The highest BCUT2D eigenvalue weighted by Crippen LogP contribution is 2.18. The Kier molecular flexibility index (Phi) is 9.86. The highest BCUT2D eigenvalue weighted by Gasteiger charge is 2.21.